The minimum absolute atomic E-state index is 0.322. The van der Waals surface area contributed by atoms with Crippen LogP contribution in [0, 0.1) is 6.92 Å². The lowest BCUT2D eigenvalue weighted by Gasteiger charge is -2.17. The fraction of sp³-hybridized carbons (Fsp3) is 0.409. The van der Waals surface area contributed by atoms with Crippen LogP contribution in [0.25, 0.3) is 11.1 Å². The van der Waals surface area contributed by atoms with Crippen LogP contribution in [0.5, 0.6) is 11.5 Å². The molecule has 0 heterocycles. The number of hydrogen-bond donors (Lipinski definition) is 1. The minimum Gasteiger partial charge on any atom is -0.496 e. The molecule has 27 heavy (non-hydrogen) atoms. The summed E-state index contributed by atoms with van der Waals surface area (Å²) < 4.78 is 17.2. The Hall–Kier alpha value is -2.53. The first kappa shape index (κ1) is 19.2. The maximum Gasteiger partial charge on any atom is 0.211 e. The highest BCUT2D eigenvalue weighted by Crippen LogP contribution is 2.37. The fourth-order valence-corrected chi connectivity index (χ4v) is 3.66. The zero-order chi connectivity index (χ0) is 19.2. The van der Waals surface area contributed by atoms with Crippen molar-refractivity contribution in [1.29, 1.82) is 0 Å². The molecular formula is C22H27NO4. The number of carbonyl (C=O) groups excluding carboxylic acids is 1. The SMILES string of the molecule is COc1cc(-c2ccc(NC=O)cc2COC2CCCC2)cc(OC)c1C. The summed E-state index contributed by atoms with van der Waals surface area (Å²) in [5, 5.41) is 2.72. The molecule has 0 radical (unpaired) electrons. The van der Waals surface area contributed by atoms with Gasteiger partial charge in [-0.05, 0) is 60.7 Å². The molecule has 0 atom stereocenters. The molecule has 1 N–H and O–H groups in total. The minimum atomic E-state index is 0.322. The van der Waals surface area contributed by atoms with Gasteiger partial charge in [-0.3, -0.25) is 4.79 Å². The van der Waals surface area contributed by atoms with Gasteiger partial charge in [0.25, 0.3) is 0 Å². The van der Waals surface area contributed by atoms with Crippen molar-refractivity contribution in [3.05, 3.63) is 41.5 Å². The molecule has 1 amide bonds. The Kier molecular flexibility index (Phi) is 6.35. The largest absolute Gasteiger partial charge is 0.496 e. The highest BCUT2D eigenvalue weighted by molar-refractivity contribution is 5.77. The Morgan fingerprint density at radius 3 is 2.33 bits per heavy atom. The van der Waals surface area contributed by atoms with E-state index in [1.54, 1.807) is 14.2 Å². The summed E-state index contributed by atoms with van der Waals surface area (Å²) in [6, 6.07) is 9.89. The number of rotatable bonds is 8. The lowest BCUT2D eigenvalue weighted by Crippen LogP contribution is -2.08. The summed E-state index contributed by atoms with van der Waals surface area (Å²) in [7, 11) is 3.32. The molecule has 0 spiro atoms. The van der Waals surface area contributed by atoms with Crippen molar-refractivity contribution in [1.82, 2.24) is 0 Å². The summed E-state index contributed by atoms with van der Waals surface area (Å²) in [6.07, 6.45) is 5.71. The van der Waals surface area contributed by atoms with Gasteiger partial charge in [0, 0.05) is 11.3 Å². The third-order valence-corrected chi connectivity index (χ3v) is 5.17. The van der Waals surface area contributed by atoms with E-state index in [1.807, 2.05) is 37.3 Å². The van der Waals surface area contributed by atoms with Gasteiger partial charge < -0.3 is 19.5 Å². The highest BCUT2D eigenvalue weighted by atomic mass is 16.5. The zero-order valence-corrected chi connectivity index (χ0v) is 16.2. The van der Waals surface area contributed by atoms with Gasteiger partial charge in [0.05, 0.1) is 26.9 Å². The monoisotopic (exact) mass is 369 g/mol. The van der Waals surface area contributed by atoms with Crippen molar-refractivity contribution >= 4 is 12.1 Å². The molecule has 3 rings (SSSR count). The molecule has 0 aliphatic heterocycles. The number of nitrogens with one attached hydrogen (secondary N) is 1. The van der Waals surface area contributed by atoms with Crippen molar-refractivity contribution < 1.29 is 19.0 Å². The smallest absolute Gasteiger partial charge is 0.211 e. The summed E-state index contributed by atoms with van der Waals surface area (Å²) in [5.74, 6) is 1.56. The van der Waals surface area contributed by atoms with Gasteiger partial charge in [0.1, 0.15) is 11.5 Å². The first-order valence-corrected chi connectivity index (χ1v) is 9.34. The average Bonchev–Trinajstić information content (AvgIpc) is 3.21. The standard InChI is InChI=1S/C22H27NO4/c1-15-21(25-2)11-16(12-22(15)26-3)20-9-8-18(23-14-24)10-17(20)13-27-19-6-4-5-7-19/h8-12,14,19H,4-7,13H2,1-3H3,(H,23,24). The predicted molar refractivity (Wildman–Crippen MR) is 106 cm³/mol. The van der Waals surface area contributed by atoms with Crippen molar-refractivity contribution in [2.24, 2.45) is 0 Å². The van der Waals surface area contributed by atoms with Crippen LogP contribution in [0.2, 0.25) is 0 Å². The van der Waals surface area contributed by atoms with Gasteiger partial charge in [-0.1, -0.05) is 18.9 Å². The van der Waals surface area contributed by atoms with Gasteiger partial charge in [0.15, 0.2) is 0 Å². The number of hydrogen-bond acceptors (Lipinski definition) is 4. The van der Waals surface area contributed by atoms with Crippen LogP contribution in [0.3, 0.4) is 0 Å². The molecule has 144 valence electrons. The molecule has 5 heteroatoms. The lowest BCUT2D eigenvalue weighted by atomic mass is 9.97. The van der Waals surface area contributed by atoms with E-state index < -0.39 is 0 Å². The number of methoxy groups -OCH3 is 2. The Morgan fingerprint density at radius 1 is 1.07 bits per heavy atom. The molecule has 1 aliphatic rings. The second-order valence-electron chi connectivity index (χ2n) is 6.86. The number of ether oxygens (including phenoxy) is 3. The normalized spacial score (nSPS) is 14.2. The van der Waals surface area contributed by atoms with Crippen molar-refractivity contribution in [3.8, 4) is 22.6 Å². The summed E-state index contributed by atoms with van der Waals surface area (Å²) >= 11 is 0. The van der Waals surface area contributed by atoms with Crippen molar-refractivity contribution in [2.45, 2.75) is 45.3 Å². The molecule has 0 saturated heterocycles. The third-order valence-electron chi connectivity index (χ3n) is 5.17. The van der Waals surface area contributed by atoms with Crippen LogP contribution >= 0.6 is 0 Å². The number of amides is 1. The molecule has 2 aromatic rings. The first-order valence-electron chi connectivity index (χ1n) is 9.34. The molecule has 0 unspecified atom stereocenters. The molecule has 5 nitrogen and oxygen atoms in total. The van der Waals surface area contributed by atoms with Gasteiger partial charge in [-0.15, -0.1) is 0 Å². The van der Waals surface area contributed by atoms with Crippen molar-refractivity contribution in [3.63, 3.8) is 0 Å². The molecule has 2 aromatic carbocycles. The molecule has 1 fully saturated rings. The quantitative estimate of drug-likeness (QED) is 0.685. The fourth-order valence-electron chi connectivity index (χ4n) is 3.66. The Labute approximate surface area is 160 Å². The van der Waals surface area contributed by atoms with E-state index in [2.05, 4.69) is 5.32 Å². The second-order valence-corrected chi connectivity index (χ2v) is 6.86. The van der Waals surface area contributed by atoms with E-state index in [0.29, 0.717) is 19.1 Å². The van der Waals surface area contributed by atoms with E-state index in [4.69, 9.17) is 14.2 Å². The highest BCUT2D eigenvalue weighted by Gasteiger charge is 2.17. The Balaban J connectivity index is 1.98. The van der Waals surface area contributed by atoms with Crippen LogP contribution < -0.4 is 14.8 Å². The number of anilines is 1. The van der Waals surface area contributed by atoms with E-state index in [0.717, 1.165) is 52.3 Å². The van der Waals surface area contributed by atoms with Gasteiger partial charge in [-0.2, -0.15) is 0 Å². The van der Waals surface area contributed by atoms with Crippen LogP contribution in [0.4, 0.5) is 5.69 Å². The Bertz CT molecular complexity index is 772. The lowest BCUT2D eigenvalue weighted by molar-refractivity contribution is -0.105. The molecular weight excluding hydrogens is 342 g/mol. The van der Waals surface area contributed by atoms with Crippen LogP contribution in [0.15, 0.2) is 30.3 Å². The Morgan fingerprint density at radius 2 is 1.74 bits per heavy atom. The first-order chi connectivity index (χ1) is 13.2. The van der Waals surface area contributed by atoms with Gasteiger partial charge >= 0.3 is 0 Å². The summed E-state index contributed by atoms with van der Waals surface area (Å²) in [4.78, 5) is 10.8. The molecule has 1 aliphatic carbocycles. The molecule has 0 bridgehead atoms. The van der Waals surface area contributed by atoms with Crippen LogP contribution in [-0.4, -0.2) is 26.7 Å². The van der Waals surface area contributed by atoms with Crippen LogP contribution in [-0.2, 0) is 16.1 Å². The number of benzene rings is 2. The molecule has 0 aromatic heterocycles. The van der Waals surface area contributed by atoms with Gasteiger partial charge in [0.2, 0.25) is 6.41 Å². The maximum atomic E-state index is 10.8. The van der Waals surface area contributed by atoms with E-state index in [-0.39, 0.29) is 0 Å². The summed E-state index contributed by atoms with van der Waals surface area (Å²) in [6.45, 7) is 2.48. The predicted octanol–water partition coefficient (Wildman–Crippen LogP) is 4.71. The van der Waals surface area contributed by atoms with Gasteiger partial charge in [-0.25, -0.2) is 0 Å². The van der Waals surface area contributed by atoms with E-state index in [1.165, 1.54) is 12.8 Å². The van der Waals surface area contributed by atoms with E-state index >= 15 is 0 Å². The van der Waals surface area contributed by atoms with E-state index in [9.17, 15) is 4.79 Å². The topological polar surface area (TPSA) is 56.8 Å². The second kappa shape index (κ2) is 8.91. The molecule has 1 saturated carbocycles. The average molecular weight is 369 g/mol. The number of carbonyl (C=O) groups is 1. The summed E-state index contributed by atoms with van der Waals surface area (Å²) in [5.41, 5.74) is 4.79. The van der Waals surface area contributed by atoms with Crippen LogP contribution in [0.1, 0.15) is 36.8 Å². The zero-order valence-electron chi connectivity index (χ0n) is 16.2. The van der Waals surface area contributed by atoms with Crippen molar-refractivity contribution in [2.75, 3.05) is 19.5 Å². The maximum absolute atomic E-state index is 10.8. The third kappa shape index (κ3) is 4.42.